The van der Waals surface area contributed by atoms with Gasteiger partial charge < -0.3 is 9.88 Å². The summed E-state index contributed by atoms with van der Waals surface area (Å²) in [6, 6.07) is 26.1. The number of anilines is 1. The fourth-order valence-electron chi connectivity index (χ4n) is 4.16. The molecule has 31 heavy (non-hydrogen) atoms. The van der Waals surface area contributed by atoms with Crippen molar-refractivity contribution in [3.63, 3.8) is 0 Å². The van der Waals surface area contributed by atoms with Gasteiger partial charge in [-0.25, -0.2) is 0 Å². The molecule has 0 radical (unpaired) electrons. The predicted octanol–water partition coefficient (Wildman–Crippen LogP) is 6.44. The average Bonchev–Trinajstić information content (AvgIpc) is 3.12. The maximum atomic E-state index is 12.8. The normalized spacial score (nSPS) is 11.2. The van der Waals surface area contributed by atoms with Gasteiger partial charge in [0.2, 0.25) is 0 Å². The maximum Gasteiger partial charge on any atom is 0.255 e. The maximum absolute atomic E-state index is 12.8. The van der Waals surface area contributed by atoms with Crippen LogP contribution in [0.1, 0.15) is 22.8 Å². The van der Waals surface area contributed by atoms with Gasteiger partial charge in [0.25, 0.3) is 5.91 Å². The molecule has 152 valence electrons. The zero-order chi connectivity index (χ0) is 21.4. The number of nitrogens with one attached hydrogen (secondary N) is 1. The summed E-state index contributed by atoms with van der Waals surface area (Å²) in [4.78, 5) is 17.3. The van der Waals surface area contributed by atoms with Crippen molar-refractivity contribution in [2.75, 3.05) is 5.32 Å². The van der Waals surface area contributed by atoms with Gasteiger partial charge in [0, 0.05) is 51.4 Å². The number of amides is 1. The minimum atomic E-state index is -0.123. The Morgan fingerprint density at radius 2 is 1.68 bits per heavy atom. The van der Waals surface area contributed by atoms with Crippen molar-refractivity contribution < 1.29 is 4.79 Å². The zero-order valence-electron chi connectivity index (χ0n) is 17.6. The van der Waals surface area contributed by atoms with E-state index in [4.69, 9.17) is 0 Å². The van der Waals surface area contributed by atoms with E-state index in [1.807, 2.05) is 49.4 Å². The van der Waals surface area contributed by atoms with Crippen molar-refractivity contribution >= 4 is 33.4 Å². The van der Waals surface area contributed by atoms with E-state index in [0.717, 1.165) is 34.4 Å². The molecule has 0 unspecified atom stereocenters. The number of para-hydroxylation sites is 1. The number of hydrogen-bond acceptors (Lipinski definition) is 2. The Bertz CT molecular complexity index is 1410. The molecule has 0 aliphatic rings. The molecule has 0 aliphatic heterocycles. The Labute approximate surface area is 181 Å². The summed E-state index contributed by atoms with van der Waals surface area (Å²) in [6.45, 7) is 5.09. The van der Waals surface area contributed by atoms with Gasteiger partial charge in [-0.3, -0.25) is 9.78 Å². The third-order valence-corrected chi connectivity index (χ3v) is 5.70. The number of rotatable bonds is 4. The van der Waals surface area contributed by atoms with Gasteiger partial charge in [-0.1, -0.05) is 30.3 Å². The van der Waals surface area contributed by atoms with Crippen molar-refractivity contribution in [2.24, 2.45) is 0 Å². The first kappa shape index (κ1) is 19.1. The molecule has 2 aromatic heterocycles. The van der Waals surface area contributed by atoms with Gasteiger partial charge >= 0.3 is 0 Å². The van der Waals surface area contributed by atoms with E-state index in [9.17, 15) is 4.79 Å². The number of aromatic nitrogens is 2. The lowest BCUT2D eigenvalue weighted by Gasteiger charge is -2.08. The molecule has 5 aromatic rings. The molecule has 0 saturated carbocycles. The fourth-order valence-corrected chi connectivity index (χ4v) is 4.16. The van der Waals surface area contributed by atoms with Crippen LogP contribution in [0.25, 0.3) is 33.1 Å². The Kier molecular flexibility index (Phi) is 4.75. The van der Waals surface area contributed by atoms with E-state index in [-0.39, 0.29) is 5.91 Å². The number of benzene rings is 3. The summed E-state index contributed by atoms with van der Waals surface area (Å²) in [5.74, 6) is -0.123. The number of carbonyl (C=O) groups is 1. The van der Waals surface area contributed by atoms with Crippen LogP contribution in [0.3, 0.4) is 0 Å². The highest BCUT2D eigenvalue weighted by molar-refractivity contribution is 6.11. The Morgan fingerprint density at radius 3 is 2.45 bits per heavy atom. The molecule has 0 bridgehead atoms. The zero-order valence-corrected chi connectivity index (χ0v) is 17.6. The highest BCUT2D eigenvalue weighted by Gasteiger charge is 2.12. The van der Waals surface area contributed by atoms with Gasteiger partial charge in [-0.15, -0.1) is 0 Å². The minimum absolute atomic E-state index is 0.123. The largest absolute Gasteiger partial charge is 0.341 e. The second-order valence-electron chi connectivity index (χ2n) is 7.74. The van der Waals surface area contributed by atoms with Crippen molar-refractivity contribution in [3.05, 3.63) is 96.2 Å². The minimum Gasteiger partial charge on any atom is -0.341 e. The molecule has 0 fully saturated rings. The highest BCUT2D eigenvalue weighted by atomic mass is 16.1. The van der Waals surface area contributed by atoms with E-state index in [2.05, 4.69) is 58.2 Å². The standard InChI is InChI=1S/C27H23N3O/c1-3-30-25-7-5-4-6-22(25)23-17-21(12-13-26(23)30)29-27(31)20-10-8-19(9-11-20)24-16-18(2)14-15-28-24/h4-17H,3H2,1-2H3,(H,29,31). The number of aryl methyl sites for hydroxylation is 2. The number of pyridine rings is 1. The lowest BCUT2D eigenvalue weighted by molar-refractivity contribution is 0.102. The summed E-state index contributed by atoms with van der Waals surface area (Å²) in [5.41, 5.74) is 6.86. The van der Waals surface area contributed by atoms with Crippen LogP contribution < -0.4 is 5.32 Å². The predicted molar refractivity (Wildman–Crippen MR) is 127 cm³/mol. The Hall–Kier alpha value is -3.92. The van der Waals surface area contributed by atoms with Crippen molar-refractivity contribution in [1.82, 2.24) is 9.55 Å². The number of carbonyl (C=O) groups excluding carboxylic acids is 1. The summed E-state index contributed by atoms with van der Waals surface area (Å²) in [5, 5.41) is 5.40. The molecule has 4 heteroatoms. The molecule has 2 heterocycles. The molecule has 0 spiro atoms. The molecule has 5 rings (SSSR count). The van der Waals surface area contributed by atoms with Crippen molar-refractivity contribution in [2.45, 2.75) is 20.4 Å². The van der Waals surface area contributed by atoms with Crippen LogP contribution in [0.15, 0.2) is 85.1 Å². The second-order valence-corrected chi connectivity index (χ2v) is 7.74. The number of nitrogens with zero attached hydrogens (tertiary/aromatic N) is 2. The fraction of sp³-hybridized carbons (Fsp3) is 0.111. The van der Waals surface area contributed by atoms with Gasteiger partial charge in [0.1, 0.15) is 0 Å². The first-order chi connectivity index (χ1) is 15.1. The molecule has 1 N–H and O–H groups in total. The monoisotopic (exact) mass is 405 g/mol. The van der Waals surface area contributed by atoms with E-state index in [1.165, 1.54) is 16.4 Å². The molecule has 3 aromatic carbocycles. The van der Waals surface area contributed by atoms with Gasteiger partial charge in [-0.05, 0) is 67.9 Å². The Morgan fingerprint density at radius 1 is 0.903 bits per heavy atom. The topological polar surface area (TPSA) is 46.9 Å². The van der Waals surface area contributed by atoms with Crippen molar-refractivity contribution in [1.29, 1.82) is 0 Å². The number of hydrogen-bond donors (Lipinski definition) is 1. The Balaban J connectivity index is 1.43. The van der Waals surface area contributed by atoms with Gasteiger partial charge in [-0.2, -0.15) is 0 Å². The first-order valence-corrected chi connectivity index (χ1v) is 10.5. The third-order valence-electron chi connectivity index (χ3n) is 5.70. The van der Waals surface area contributed by atoms with Gasteiger partial charge in [0.05, 0.1) is 5.69 Å². The summed E-state index contributed by atoms with van der Waals surface area (Å²) >= 11 is 0. The molecular formula is C27H23N3O. The second kappa shape index (κ2) is 7.73. The summed E-state index contributed by atoms with van der Waals surface area (Å²) in [7, 11) is 0. The highest BCUT2D eigenvalue weighted by Crippen LogP contribution is 2.31. The van der Waals surface area contributed by atoms with Crippen LogP contribution in [-0.2, 0) is 6.54 Å². The molecule has 0 atom stereocenters. The van der Waals surface area contributed by atoms with Crippen LogP contribution >= 0.6 is 0 Å². The van der Waals surface area contributed by atoms with E-state index < -0.39 is 0 Å². The van der Waals surface area contributed by atoms with Crippen molar-refractivity contribution in [3.8, 4) is 11.3 Å². The SMILES string of the molecule is CCn1c2ccccc2c2cc(NC(=O)c3ccc(-c4cc(C)ccn4)cc3)ccc21. The summed E-state index contributed by atoms with van der Waals surface area (Å²) < 4.78 is 2.30. The summed E-state index contributed by atoms with van der Waals surface area (Å²) in [6.07, 6.45) is 1.80. The first-order valence-electron chi connectivity index (χ1n) is 10.5. The molecule has 1 amide bonds. The molecule has 0 aliphatic carbocycles. The molecule has 4 nitrogen and oxygen atoms in total. The van der Waals surface area contributed by atoms with Crippen LogP contribution in [0.2, 0.25) is 0 Å². The quantitative estimate of drug-likeness (QED) is 0.374. The van der Waals surface area contributed by atoms with Crippen LogP contribution in [0.4, 0.5) is 5.69 Å². The van der Waals surface area contributed by atoms with Crippen LogP contribution in [-0.4, -0.2) is 15.5 Å². The van der Waals surface area contributed by atoms with E-state index >= 15 is 0 Å². The lowest BCUT2D eigenvalue weighted by atomic mass is 10.1. The van der Waals surface area contributed by atoms with Gasteiger partial charge in [0.15, 0.2) is 0 Å². The average molecular weight is 406 g/mol. The smallest absolute Gasteiger partial charge is 0.255 e. The van der Waals surface area contributed by atoms with E-state index in [1.54, 1.807) is 6.20 Å². The van der Waals surface area contributed by atoms with Crippen LogP contribution in [0.5, 0.6) is 0 Å². The number of fused-ring (bicyclic) bond motifs is 3. The third kappa shape index (κ3) is 3.46. The van der Waals surface area contributed by atoms with E-state index in [0.29, 0.717) is 5.56 Å². The lowest BCUT2D eigenvalue weighted by Crippen LogP contribution is -2.11. The van der Waals surface area contributed by atoms with Crippen LogP contribution in [0, 0.1) is 6.92 Å². The molecular weight excluding hydrogens is 382 g/mol. The molecule has 0 saturated heterocycles.